The van der Waals surface area contributed by atoms with E-state index in [0.717, 1.165) is 5.56 Å². The molecule has 1 heterocycles. The highest BCUT2D eigenvalue weighted by Gasteiger charge is 2.10. The zero-order valence-electron chi connectivity index (χ0n) is 15.3. The summed E-state index contributed by atoms with van der Waals surface area (Å²) in [5.41, 5.74) is 2.83. The molecule has 0 N–H and O–H groups in total. The first-order chi connectivity index (χ1) is 14.2. The lowest BCUT2D eigenvalue weighted by molar-refractivity contribution is 0.112. The summed E-state index contributed by atoms with van der Waals surface area (Å²) in [4.78, 5) is 27.3. The van der Waals surface area contributed by atoms with E-state index >= 15 is 0 Å². The molecule has 0 radical (unpaired) electrons. The number of aldehydes is 1. The first-order valence-electron chi connectivity index (χ1n) is 8.78. The van der Waals surface area contributed by atoms with E-state index in [0.29, 0.717) is 45.9 Å². The molecule has 0 saturated heterocycles. The zero-order valence-corrected chi connectivity index (χ0v) is 15.3. The van der Waals surface area contributed by atoms with E-state index in [1.807, 2.05) is 0 Å². The number of terminal acetylenes is 1. The zero-order chi connectivity index (χ0) is 20.2. The molecule has 0 saturated carbocycles. The van der Waals surface area contributed by atoms with Gasteiger partial charge in [0.2, 0.25) is 0 Å². The van der Waals surface area contributed by atoms with Gasteiger partial charge in [0.15, 0.2) is 23.1 Å². The van der Waals surface area contributed by atoms with Gasteiger partial charge in [-0.15, -0.1) is 6.42 Å². The number of rotatable bonds is 6. The van der Waals surface area contributed by atoms with Crippen LogP contribution in [-0.4, -0.2) is 17.9 Å². The first kappa shape index (κ1) is 18.3. The standard InChI is InChI=1S/C23H15NO5/c1-2-9-27-21-8-3-15(10-16(21)13-25)14-28-18-5-7-20-23(12-18)29-22-11-17(26)4-6-19(22)24-20/h1,3-8,10-13H,9,14H2. The number of hydrogen-bond acceptors (Lipinski definition) is 6. The molecule has 0 atom stereocenters. The fourth-order valence-electron chi connectivity index (χ4n) is 2.87. The van der Waals surface area contributed by atoms with Crippen LogP contribution in [0.15, 0.2) is 63.8 Å². The van der Waals surface area contributed by atoms with E-state index in [1.165, 1.54) is 12.1 Å². The Labute approximate surface area is 166 Å². The Morgan fingerprint density at radius 1 is 1.07 bits per heavy atom. The Balaban J connectivity index is 1.56. The van der Waals surface area contributed by atoms with Crippen molar-refractivity contribution in [3.8, 4) is 35.3 Å². The number of benzene rings is 3. The third-order valence-electron chi connectivity index (χ3n) is 4.24. The second-order valence-electron chi connectivity index (χ2n) is 6.24. The molecule has 4 rings (SSSR count). The van der Waals surface area contributed by atoms with Crippen molar-refractivity contribution in [2.24, 2.45) is 0 Å². The van der Waals surface area contributed by atoms with Gasteiger partial charge in [-0.25, -0.2) is 4.98 Å². The van der Waals surface area contributed by atoms with E-state index in [2.05, 4.69) is 10.9 Å². The SMILES string of the molecule is C#CCOc1ccc(COc2ccc3nc4ccc(=O)cc-4oc3c2)cc1C=O. The Bertz CT molecular complexity index is 1270. The van der Waals surface area contributed by atoms with E-state index in [4.69, 9.17) is 20.3 Å². The molecule has 1 aliphatic carbocycles. The van der Waals surface area contributed by atoms with Crippen molar-refractivity contribution in [3.05, 3.63) is 75.9 Å². The number of fused-ring (bicyclic) bond motifs is 2. The normalized spacial score (nSPS) is 10.6. The maximum Gasteiger partial charge on any atom is 0.182 e. The van der Waals surface area contributed by atoms with Crippen molar-refractivity contribution in [1.82, 2.24) is 4.98 Å². The van der Waals surface area contributed by atoms with Crippen LogP contribution in [0.2, 0.25) is 0 Å². The minimum atomic E-state index is -0.143. The lowest BCUT2D eigenvalue weighted by Crippen LogP contribution is -2.01. The Morgan fingerprint density at radius 2 is 1.97 bits per heavy atom. The molecule has 6 heteroatoms. The molecule has 2 aromatic carbocycles. The van der Waals surface area contributed by atoms with Gasteiger partial charge < -0.3 is 13.9 Å². The number of ether oxygens (including phenoxy) is 2. The van der Waals surface area contributed by atoms with Crippen LogP contribution in [0.5, 0.6) is 11.5 Å². The molecule has 0 spiro atoms. The fourth-order valence-corrected chi connectivity index (χ4v) is 2.87. The van der Waals surface area contributed by atoms with Gasteiger partial charge in [0.05, 0.1) is 5.56 Å². The highest BCUT2D eigenvalue weighted by molar-refractivity contribution is 5.80. The third-order valence-corrected chi connectivity index (χ3v) is 4.24. The van der Waals surface area contributed by atoms with Crippen LogP contribution in [0, 0.1) is 12.3 Å². The summed E-state index contributed by atoms with van der Waals surface area (Å²) < 4.78 is 16.9. The maximum absolute atomic E-state index is 11.5. The minimum Gasteiger partial charge on any atom is -0.489 e. The summed E-state index contributed by atoms with van der Waals surface area (Å²) in [5.74, 6) is 3.78. The summed E-state index contributed by atoms with van der Waals surface area (Å²) in [6.45, 7) is 0.335. The Kier molecular flexibility index (Phi) is 4.95. The molecular formula is C23H15NO5. The number of nitrogens with zero attached hydrogens (tertiary/aromatic N) is 1. The summed E-state index contributed by atoms with van der Waals surface area (Å²) in [7, 11) is 0. The van der Waals surface area contributed by atoms with E-state index < -0.39 is 0 Å². The van der Waals surface area contributed by atoms with Crippen LogP contribution in [0.3, 0.4) is 0 Å². The van der Waals surface area contributed by atoms with Crippen LogP contribution >= 0.6 is 0 Å². The molecule has 2 aliphatic rings. The topological polar surface area (TPSA) is 78.6 Å². The van der Waals surface area contributed by atoms with Crippen LogP contribution in [-0.2, 0) is 6.61 Å². The quantitative estimate of drug-likeness (QED) is 0.286. The van der Waals surface area contributed by atoms with Crippen LogP contribution < -0.4 is 14.9 Å². The maximum atomic E-state index is 11.5. The molecule has 0 unspecified atom stereocenters. The van der Waals surface area contributed by atoms with E-state index in [9.17, 15) is 9.59 Å². The molecule has 1 aliphatic heterocycles. The Hall–Kier alpha value is -4.11. The van der Waals surface area contributed by atoms with Crippen LogP contribution in [0.25, 0.3) is 22.6 Å². The van der Waals surface area contributed by atoms with Crippen molar-refractivity contribution in [1.29, 1.82) is 0 Å². The molecule has 2 aromatic rings. The highest BCUT2D eigenvalue weighted by atomic mass is 16.5. The largest absolute Gasteiger partial charge is 0.489 e. The summed E-state index contributed by atoms with van der Waals surface area (Å²) in [6.07, 6.45) is 5.89. The van der Waals surface area contributed by atoms with Gasteiger partial charge in [-0.1, -0.05) is 12.0 Å². The van der Waals surface area contributed by atoms with Gasteiger partial charge in [0, 0.05) is 12.1 Å². The van der Waals surface area contributed by atoms with Gasteiger partial charge >= 0.3 is 0 Å². The molecule has 0 bridgehead atoms. The number of aromatic nitrogens is 1. The molecular weight excluding hydrogens is 370 g/mol. The van der Waals surface area contributed by atoms with Crippen molar-refractivity contribution >= 4 is 17.4 Å². The summed E-state index contributed by atoms with van der Waals surface area (Å²) in [5, 5.41) is 0. The lowest BCUT2D eigenvalue weighted by atomic mass is 10.1. The second kappa shape index (κ2) is 7.87. The summed E-state index contributed by atoms with van der Waals surface area (Å²) in [6, 6.07) is 14.9. The van der Waals surface area contributed by atoms with Gasteiger partial charge in [0.25, 0.3) is 0 Å². The molecule has 0 fully saturated rings. The molecule has 0 aromatic heterocycles. The molecule has 29 heavy (non-hydrogen) atoms. The average molecular weight is 385 g/mol. The van der Waals surface area contributed by atoms with Crippen molar-refractivity contribution in [2.75, 3.05) is 6.61 Å². The van der Waals surface area contributed by atoms with Gasteiger partial charge in [0.1, 0.15) is 35.9 Å². The monoisotopic (exact) mass is 385 g/mol. The summed E-state index contributed by atoms with van der Waals surface area (Å²) >= 11 is 0. The predicted octanol–water partition coefficient (Wildman–Crippen LogP) is 3.70. The van der Waals surface area contributed by atoms with Crippen LogP contribution in [0.1, 0.15) is 15.9 Å². The highest BCUT2D eigenvalue weighted by Crippen LogP contribution is 2.27. The number of hydrogen-bond donors (Lipinski definition) is 0. The lowest BCUT2D eigenvalue weighted by Gasteiger charge is -2.11. The molecule has 0 amide bonds. The van der Waals surface area contributed by atoms with Gasteiger partial charge in [-0.2, -0.15) is 0 Å². The number of carbonyl (C=O) groups excluding carboxylic acids is 1. The number of carbonyl (C=O) groups is 1. The van der Waals surface area contributed by atoms with Crippen molar-refractivity contribution in [2.45, 2.75) is 6.61 Å². The third kappa shape index (κ3) is 3.94. The molecule has 142 valence electrons. The fraction of sp³-hybridized carbons (Fsp3) is 0.0870. The Morgan fingerprint density at radius 3 is 2.79 bits per heavy atom. The van der Waals surface area contributed by atoms with Gasteiger partial charge in [-0.3, -0.25) is 9.59 Å². The average Bonchev–Trinajstić information content (AvgIpc) is 2.74. The smallest absolute Gasteiger partial charge is 0.182 e. The van der Waals surface area contributed by atoms with Gasteiger partial charge in [-0.05, 0) is 42.0 Å². The first-order valence-corrected chi connectivity index (χ1v) is 8.78. The van der Waals surface area contributed by atoms with Crippen LogP contribution in [0.4, 0.5) is 0 Å². The van der Waals surface area contributed by atoms with Crippen molar-refractivity contribution < 1.29 is 18.7 Å². The van der Waals surface area contributed by atoms with Crippen molar-refractivity contribution in [3.63, 3.8) is 0 Å². The second-order valence-corrected chi connectivity index (χ2v) is 6.24. The minimum absolute atomic E-state index is 0.0911. The van der Waals surface area contributed by atoms with E-state index in [1.54, 1.807) is 42.5 Å². The van der Waals surface area contributed by atoms with E-state index in [-0.39, 0.29) is 18.6 Å². The predicted molar refractivity (Wildman–Crippen MR) is 107 cm³/mol. The molecule has 6 nitrogen and oxygen atoms in total.